The number of nitrogens with one attached hydrogen (secondary N) is 1. The molecule has 2 unspecified atom stereocenters. The lowest BCUT2D eigenvalue weighted by Crippen LogP contribution is -2.35. The normalized spacial score (nSPS) is 21.4. The number of hydrogen-bond donors (Lipinski definition) is 1. The number of rotatable bonds is 9. The second-order valence-corrected chi connectivity index (χ2v) is 12.6. The minimum atomic E-state index is -1.00. The predicted molar refractivity (Wildman–Crippen MR) is 143 cm³/mol. The van der Waals surface area contributed by atoms with Gasteiger partial charge in [-0.3, -0.25) is 4.79 Å². The highest BCUT2D eigenvalue weighted by atomic mass is 32.2. The third-order valence-electron chi connectivity index (χ3n) is 6.84. The number of amides is 1. The molecule has 2 atom stereocenters. The van der Waals surface area contributed by atoms with E-state index in [4.69, 9.17) is 0 Å². The maximum absolute atomic E-state index is 13.3. The molecule has 2 aliphatic rings. The Morgan fingerprint density at radius 1 is 1.36 bits per heavy atom. The van der Waals surface area contributed by atoms with Gasteiger partial charge in [0.25, 0.3) is 0 Å². The summed E-state index contributed by atoms with van der Waals surface area (Å²) in [6, 6.07) is 8.18. The maximum Gasteiger partial charge on any atom is 0.247 e. The van der Waals surface area contributed by atoms with Crippen LogP contribution in [0.15, 0.2) is 74.5 Å². The number of allylic oxidation sites excluding steroid dienone is 6. The summed E-state index contributed by atoms with van der Waals surface area (Å²) in [6.45, 7) is 15.2. The molecule has 178 valence electrons. The van der Waals surface area contributed by atoms with Crippen LogP contribution in [0.1, 0.15) is 52.0 Å². The van der Waals surface area contributed by atoms with Crippen molar-refractivity contribution < 1.29 is 9.35 Å². The van der Waals surface area contributed by atoms with Gasteiger partial charge in [0.05, 0.1) is 9.52 Å². The van der Waals surface area contributed by atoms with E-state index in [-0.39, 0.29) is 11.8 Å². The van der Waals surface area contributed by atoms with Gasteiger partial charge in [-0.05, 0) is 85.9 Å². The van der Waals surface area contributed by atoms with Gasteiger partial charge >= 0.3 is 0 Å². The Hall–Kier alpha value is -1.86. The largest absolute Gasteiger partial charge is 0.611 e. The van der Waals surface area contributed by atoms with Gasteiger partial charge in [0, 0.05) is 24.6 Å². The van der Waals surface area contributed by atoms with Crippen LogP contribution in [-0.2, 0) is 16.0 Å². The number of hydrogen-bond acceptors (Lipinski definition) is 3. The van der Waals surface area contributed by atoms with Crippen LogP contribution < -0.4 is 5.32 Å². The third-order valence-corrected chi connectivity index (χ3v) is 10.2. The molecule has 33 heavy (non-hydrogen) atoms. The van der Waals surface area contributed by atoms with Crippen molar-refractivity contribution in [2.45, 2.75) is 51.3 Å². The summed E-state index contributed by atoms with van der Waals surface area (Å²) in [7, 11) is 1.37. The van der Waals surface area contributed by atoms with Crippen LogP contribution in [0, 0.1) is 0 Å². The second-order valence-electron chi connectivity index (χ2n) is 8.92. The van der Waals surface area contributed by atoms with Gasteiger partial charge in [-0.15, -0.1) is 0 Å². The number of nitrogens with zero attached hydrogens (tertiary/aromatic N) is 1. The van der Waals surface area contributed by atoms with Crippen LogP contribution in [0.2, 0.25) is 0 Å². The molecule has 4 nitrogen and oxygen atoms in total. The van der Waals surface area contributed by atoms with E-state index in [2.05, 4.69) is 62.8 Å². The standard InChI is InChI=1S/C27H38N2O2SSi/c1-7-11-22-19(5)33-26-18(4)23(27(30)28-14-15-29(6)8-2)17-24(25(22)26)20-12-10-13-21(16-20)32(31)9-3/h10-13,16,24H,5,7-9,14-15,17,33H2,1-4,6H3,(H,28,30)/b22-11+. The molecule has 0 saturated carbocycles. The first-order valence-corrected chi connectivity index (χ1v) is 14.8. The Bertz CT molecular complexity index is 1010. The van der Waals surface area contributed by atoms with Gasteiger partial charge in [0.2, 0.25) is 5.91 Å². The average molecular weight is 483 g/mol. The van der Waals surface area contributed by atoms with Crippen molar-refractivity contribution in [3.63, 3.8) is 0 Å². The lowest BCUT2D eigenvalue weighted by atomic mass is 9.76. The fourth-order valence-corrected chi connectivity index (χ4v) is 7.69. The predicted octanol–water partition coefficient (Wildman–Crippen LogP) is 3.97. The van der Waals surface area contributed by atoms with Crippen LogP contribution in [0.5, 0.6) is 0 Å². The van der Waals surface area contributed by atoms with E-state index in [9.17, 15) is 9.35 Å². The van der Waals surface area contributed by atoms with Gasteiger partial charge in [0.1, 0.15) is 5.75 Å². The summed E-state index contributed by atoms with van der Waals surface area (Å²) in [5.74, 6) is 0.751. The van der Waals surface area contributed by atoms with E-state index in [1.54, 1.807) is 0 Å². The van der Waals surface area contributed by atoms with Crippen LogP contribution in [-0.4, -0.2) is 57.3 Å². The molecular formula is C27H38N2O2SSi. The summed E-state index contributed by atoms with van der Waals surface area (Å²) < 4.78 is 12.5. The van der Waals surface area contributed by atoms with E-state index in [1.165, 1.54) is 21.5 Å². The van der Waals surface area contributed by atoms with Gasteiger partial charge in [0.15, 0.2) is 4.90 Å². The fourth-order valence-electron chi connectivity index (χ4n) is 4.80. The number of carbonyl (C=O) groups is 1. The molecule has 0 radical (unpaired) electrons. The zero-order chi connectivity index (χ0) is 24.1. The van der Waals surface area contributed by atoms with Gasteiger partial charge in [-0.25, -0.2) is 0 Å². The molecule has 6 heteroatoms. The highest BCUT2D eigenvalue weighted by Gasteiger charge is 2.37. The molecule has 0 fully saturated rings. The van der Waals surface area contributed by atoms with Crippen molar-refractivity contribution in [3.8, 4) is 0 Å². The first-order valence-electron chi connectivity index (χ1n) is 12.1. The van der Waals surface area contributed by atoms with E-state index in [0.29, 0.717) is 18.7 Å². The van der Waals surface area contributed by atoms with Crippen molar-refractivity contribution >= 4 is 26.6 Å². The zero-order valence-corrected chi connectivity index (χ0v) is 23.0. The van der Waals surface area contributed by atoms with Crippen molar-refractivity contribution in [2.24, 2.45) is 0 Å². The van der Waals surface area contributed by atoms with E-state index < -0.39 is 20.7 Å². The fraction of sp³-hybridized carbons (Fsp3) is 0.444. The minimum absolute atomic E-state index is 0.0503. The number of carbonyl (C=O) groups excluding carboxylic acids is 1. The second kappa shape index (κ2) is 11.5. The molecule has 1 aromatic carbocycles. The summed E-state index contributed by atoms with van der Waals surface area (Å²) in [4.78, 5) is 16.3. The molecule has 1 amide bonds. The van der Waals surface area contributed by atoms with Crippen molar-refractivity contribution in [1.29, 1.82) is 0 Å². The quantitative estimate of drug-likeness (QED) is 0.428. The Morgan fingerprint density at radius 3 is 2.79 bits per heavy atom. The monoisotopic (exact) mass is 482 g/mol. The Balaban J connectivity index is 2.01. The van der Waals surface area contributed by atoms with E-state index >= 15 is 0 Å². The van der Waals surface area contributed by atoms with Crippen molar-refractivity contribution in [2.75, 3.05) is 32.4 Å². The summed E-state index contributed by atoms with van der Waals surface area (Å²) >= 11 is -1.00. The highest BCUT2D eigenvalue weighted by molar-refractivity contribution is 7.91. The summed E-state index contributed by atoms with van der Waals surface area (Å²) in [5, 5.41) is 5.81. The number of benzene rings is 1. The molecule has 3 rings (SSSR count). The topological polar surface area (TPSA) is 55.4 Å². The van der Waals surface area contributed by atoms with Crippen LogP contribution in [0.3, 0.4) is 0 Å². The SMILES string of the molecule is C=C1[SiH2]C2=C(/C1=C/CC)C(c1cccc([S+]([O-])CC)c1)CC(C(=O)NCCN(C)CC)=C2C. The average Bonchev–Trinajstić information content (AvgIpc) is 3.15. The lowest BCUT2D eigenvalue weighted by molar-refractivity contribution is -0.117. The Kier molecular flexibility index (Phi) is 8.99. The molecule has 0 spiro atoms. The maximum atomic E-state index is 13.3. The molecule has 1 aliphatic carbocycles. The van der Waals surface area contributed by atoms with E-state index in [0.717, 1.165) is 41.1 Å². The molecule has 1 aliphatic heterocycles. The molecule has 0 bridgehead atoms. The van der Waals surface area contributed by atoms with Crippen LogP contribution in [0.25, 0.3) is 0 Å². The third kappa shape index (κ3) is 5.62. The molecular weight excluding hydrogens is 444 g/mol. The van der Waals surface area contributed by atoms with Gasteiger partial charge < -0.3 is 14.8 Å². The highest BCUT2D eigenvalue weighted by Crippen LogP contribution is 2.49. The molecule has 0 saturated heterocycles. The number of likely N-dealkylation sites (N-methyl/N-ethyl adjacent to an activating group) is 1. The van der Waals surface area contributed by atoms with Gasteiger partial charge in [-0.1, -0.05) is 49.0 Å². The summed E-state index contributed by atoms with van der Waals surface area (Å²) in [5.41, 5.74) is 5.87. The first kappa shape index (κ1) is 25.8. The minimum Gasteiger partial charge on any atom is -0.611 e. The lowest BCUT2D eigenvalue weighted by Gasteiger charge is -2.29. The summed E-state index contributed by atoms with van der Waals surface area (Å²) in [6.07, 6.45) is 3.94. The van der Waals surface area contributed by atoms with Crippen LogP contribution >= 0.6 is 0 Å². The van der Waals surface area contributed by atoms with Gasteiger partial charge in [-0.2, -0.15) is 0 Å². The molecule has 0 aromatic heterocycles. The molecule has 1 N–H and O–H groups in total. The van der Waals surface area contributed by atoms with Crippen LogP contribution in [0.4, 0.5) is 0 Å². The van der Waals surface area contributed by atoms with Crippen molar-refractivity contribution in [3.05, 3.63) is 75.2 Å². The Morgan fingerprint density at radius 2 is 2.12 bits per heavy atom. The first-order chi connectivity index (χ1) is 15.8. The Labute approximate surface area is 204 Å². The molecule has 1 heterocycles. The van der Waals surface area contributed by atoms with E-state index in [1.807, 2.05) is 19.1 Å². The molecule has 1 aromatic rings. The smallest absolute Gasteiger partial charge is 0.247 e. The zero-order valence-electron chi connectivity index (χ0n) is 20.8. The van der Waals surface area contributed by atoms with Crippen molar-refractivity contribution in [1.82, 2.24) is 10.2 Å².